The first kappa shape index (κ1) is 10.8. The zero-order valence-electron chi connectivity index (χ0n) is 9.63. The second-order valence-corrected chi connectivity index (χ2v) is 5.67. The van der Waals surface area contributed by atoms with Gasteiger partial charge in [-0.2, -0.15) is 0 Å². The highest BCUT2D eigenvalue weighted by Gasteiger charge is 2.41. The van der Waals surface area contributed by atoms with Crippen LogP contribution in [-0.2, 0) is 11.8 Å². The number of rotatable bonds is 3. The molecule has 1 aliphatic rings. The molecule has 0 aliphatic heterocycles. The molecular weight excluding hydrogens is 204 g/mol. The van der Waals surface area contributed by atoms with Crippen molar-refractivity contribution in [2.45, 2.75) is 45.4 Å². The molecule has 3 heteroatoms. The highest BCUT2D eigenvalue weighted by atomic mass is 32.1. The number of aromatic amines is 1. The molecule has 1 aromatic heterocycles. The van der Waals surface area contributed by atoms with Crippen LogP contribution in [-0.4, -0.2) is 9.97 Å². The molecule has 0 bridgehead atoms. The molecule has 2 rings (SSSR count). The molecule has 1 aliphatic carbocycles. The molecule has 0 spiro atoms. The Kier molecular flexibility index (Phi) is 2.67. The van der Waals surface area contributed by atoms with E-state index >= 15 is 0 Å². The predicted octanol–water partition coefficient (Wildman–Crippen LogP) is 3.39. The Morgan fingerprint density at radius 2 is 2.20 bits per heavy atom. The zero-order valence-corrected chi connectivity index (χ0v) is 10.4. The van der Waals surface area contributed by atoms with E-state index in [4.69, 9.17) is 12.2 Å². The molecule has 0 aromatic carbocycles. The van der Waals surface area contributed by atoms with Crippen molar-refractivity contribution in [1.82, 2.24) is 9.97 Å². The molecular formula is C12H18N2S. The van der Waals surface area contributed by atoms with Gasteiger partial charge in [-0.15, -0.1) is 0 Å². The minimum Gasteiger partial charge on any atom is -0.347 e. The standard InChI is InChI=1S/C12H18N2S/c1-8(2)6-9-7-10(15)14-11(13-9)12(3)4-5-12/h7-8H,4-6H2,1-3H3,(H,13,14,15). The van der Waals surface area contributed by atoms with Gasteiger partial charge >= 0.3 is 0 Å². The van der Waals surface area contributed by atoms with Crippen LogP contribution in [0.4, 0.5) is 0 Å². The smallest absolute Gasteiger partial charge is 0.130 e. The highest BCUT2D eigenvalue weighted by molar-refractivity contribution is 7.71. The summed E-state index contributed by atoms with van der Waals surface area (Å²) in [5, 5.41) is 0. The molecule has 0 radical (unpaired) electrons. The fourth-order valence-corrected chi connectivity index (χ4v) is 2.00. The molecule has 1 N–H and O–H groups in total. The van der Waals surface area contributed by atoms with Crippen molar-refractivity contribution in [2.24, 2.45) is 5.92 Å². The third-order valence-corrected chi connectivity index (χ3v) is 3.21. The van der Waals surface area contributed by atoms with Crippen molar-refractivity contribution in [3.8, 4) is 0 Å². The van der Waals surface area contributed by atoms with Gasteiger partial charge in [0.15, 0.2) is 0 Å². The monoisotopic (exact) mass is 222 g/mol. The first-order chi connectivity index (χ1) is 6.99. The van der Waals surface area contributed by atoms with E-state index in [1.165, 1.54) is 18.5 Å². The van der Waals surface area contributed by atoms with Crippen LogP contribution >= 0.6 is 12.2 Å². The Balaban J connectivity index is 2.33. The molecule has 0 amide bonds. The van der Waals surface area contributed by atoms with E-state index in [1.807, 2.05) is 6.07 Å². The minimum atomic E-state index is 0.278. The van der Waals surface area contributed by atoms with Crippen LogP contribution in [0.5, 0.6) is 0 Å². The fraction of sp³-hybridized carbons (Fsp3) is 0.667. The van der Waals surface area contributed by atoms with Crippen molar-refractivity contribution in [3.63, 3.8) is 0 Å². The SMILES string of the molecule is CC(C)Cc1cc(=S)nc(C2(C)CC2)[nH]1. The molecule has 0 unspecified atom stereocenters. The molecule has 0 saturated heterocycles. The van der Waals surface area contributed by atoms with Gasteiger partial charge < -0.3 is 4.98 Å². The zero-order chi connectivity index (χ0) is 11.1. The van der Waals surface area contributed by atoms with E-state index in [0.29, 0.717) is 5.92 Å². The van der Waals surface area contributed by atoms with Gasteiger partial charge in [-0.25, -0.2) is 4.98 Å². The lowest BCUT2D eigenvalue weighted by atomic mass is 10.1. The van der Waals surface area contributed by atoms with Crippen molar-refractivity contribution in [2.75, 3.05) is 0 Å². The number of H-pyrrole nitrogens is 1. The van der Waals surface area contributed by atoms with Gasteiger partial charge in [-0.05, 0) is 31.2 Å². The van der Waals surface area contributed by atoms with Crippen molar-refractivity contribution in [1.29, 1.82) is 0 Å². The van der Waals surface area contributed by atoms with Crippen molar-refractivity contribution >= 4 is 12.2 Å². The summed E-state index contributed by atoms with van der Waals surface area (Å²) < 4.78 is 0.729. The quantitative estimate of drug-likeness (QED) is 0.794. The lowest BCUT2D eigenvalue weighted by Gasteiger charge is -2.11. The van der Waals surface area contributed by atoms with Gasteiger partial charge in [0.2, 0.25) is 0 Å². The average molecular weight is 222 g/mol. The van der Waals surface area contributed by atoms with Crippen LogP contribution in [0.2, 0.25) is 0 Å². The Morgan fingerprint density at radius 3 is 2.73 bits per heavy atom. The van der Waals surface area contributed by atoms with E-state index in [-0.39, 0.29) is 5.41 Å². The van der Waals surface area contributed by atoms with E-state index < -0.39 is 0 Å². The van der Waals surface area contributed by atoms with Crippen LogP contribution in [0.3, 0.4) is 0 Å². The Hall–Kier alpha value is -0.700. The van der Waals surface area contributed by atoms with Gasteiger partial charge in [-0.1, -0.05) is 33.0 Å². The van der Waals surface area contributed by atoms with Gasteiger partial charge in [0.05, 0.1) is 0 Å². The molecule has 0 atom stereocenters. The third kappa shape index (κ3) is 2.46. The summed E-state index contributed by atoms with van der Waals surface area (Å²) in [5.41, 5.74) is 1.51. The van der Waals surface area contributed by atoms with Gasteiger partial charge in [0.1, 0.15) is 10.5 Å². The Labute approximate surface area is 96.1 Å². The van der Waals surface area contributed by atoms with Crippen LogP contribution < -0.4 is 0 Å². The van der Waals surface area contributed by atoms with Gasteiger partial charge in [-0.3, -0.25) is 0 Å². The lowest BCUT2D eigenvalue weighted by molar-refractivity contribution is 0.618. The van der Waals surface area contributed by atoms with E-state index in [0.717, 1.165) is 16.9 Å². The van der Waals surface area contributed by atoms with E-state index in [2.05, 4.69) is 30.7 Å². The maximum absolute atomic E-state index is 5.21. The number of aromatic nitrogens is 2. The number of hydrogen-bond acceptors (Lipinski definition) is 2. The normalized spacial score (nSPS) is 18.1. The largest absolute Gasteiger partial charge is 0.347 e. The molecule has 1 aromatic rings. The maximum Gasteiger partial charge on any atom is 0.130 e. The van der Waals surface area contributed by atoms with Crippen LogP contribution in [0, 0.1) is 10.6 Å². The van der Waals surface area contributed by atoms with Crippen LogP contribution in [0.15, 0.2) is 6.07 Å². The lowest BCUT2D eigenvalue weighted by Crippen LogP contribution is -2.10. The average Bonchev–Trinajstić information content (AvgIpc) is 2.82. The highest BCUT2D eigenvalue weighted by Crippen LogP contribution is 2.45. The van der Waals surface area contributed by atoms with Crippen LogP contribution in [0.25, 0.3) is 0 Å². The number of hydrogen-bond donors (Lipinski definition) is 1. The first-order valence-electron chi connectivity index (χ1n) is 5.60. The Morgan fingerprint density at radius 1 is 1.53 bits per heavy atom. The number of nitrogens with one attached hydrogen (secondary N) is 1. The third-order valence-electron chi connectivity index (χ3n) is 3.00. The maximum atomic E-state index is 5.21. The second-order valence-electron chi connectivity index (χ2n) is 5.25. The molecule has 15 heavy (non-hydrogen) atoms. The van der Waals surface area contributed by atoms with E-state index in [1.54, 1.807) is 0 Å². The summed E-state index contributed by atoms with van der Waals surface area (Å²) in [6, 6.07) is 1.99. The summed E-state index contributed by atoms with van der Waals surface area (Å²) in [4.78, 5) is 7.88. The topological polar surface area (TPSA) is 28.7 Å². The van der Waals surface area contributed by atoms with Crippen molar-refractivity contribution in [3.05, 3.63) is 22.2 Å². The van der Waals surface area contributed by atoms with Gasteiger partial charge in [0, 0.05) is 11.1 Å². The summed E-state index contributed by atoms with van der Waals surface area (Å²) in [5.74, 6) is 1.74. The Bertz CT molecular complexity index is 416. The summed E-state index contributed by atoms with van der Waals surface area (Å²) in [7, 11) is 0. The second kappa shape index (κ2) is 3.71. The molecule has 1 heterocycles. The fourth-order valence-electron chi connectivity index (χ4n) is 1.77. The van der Waals surface area contributed by atoms with E-state index in [9.17, 15) is 0 Å². The molecule has 1 saturated carbocycles. The van der Waals surface area contributed by atoms with Crippen LogP contribution in [0.1, 0.15) is 45.1 Å². The summed E-state index contributed by atoms with van der Waals surface area (Å²) in [6.45, 7) is 6.69. The number of nitrogens with zero attached hydrogens (tertiary/aromatic N) is 1. The van der Waals surface area contributed by atoms with Gasteiger partial charge in [0.25, 0.3) is 0 Å². The molecule has 1 fully saturated rings. The summed E-state index contributed by atoms with van der Waals surface area (Å²) >= 11 is 5.21. The summed E-state index contributed by atoms with van der Waals surface area (Å²) in [6.07, 6.45) is 3.52. The minimum absolute atomic E-state index is 0.278. The molecule has 82 valence electrons. The first-order valence-corrected chi connectivity index (χ1v) is 6.01. The molecule has 2 nitrogen and oxygen atoms in total. The predicted molar refractivity (Wildman–Crippen MR) is 64.5 cm³/mol. The van der Waals surface area contributed by atoms with Crippen molar-refractivity contribution < 1.29 is 0 Å².